The number of benzene rings is 2. The molecule has 2 aromatic heterocycles. The lowest BCUT2D eigenvalue weighted by Gasteiger charge is -2.05. The summed E-state index contributed by atoms with van der Waals surface area (Å²) in [5, 5.41) is 30.3. The van der Waals surface area contributed by atoms with E-state index in [1.54, 1.807) is 24.3 Å². The topological polar surface area (TPSA) is 180 Å². The summed E-state index contributed by atoms with van der Waals surface area (Å²) in [5.41, 5.74) is 8.93. The van der Waals surface area contributed by atoms with Crippen LogP contribution in [0, 0.1) is 10.1 Å². The lowest BCUT2D eigenvalue weighted by Crippen LogP contribution is -2.19. The molecule has 3 N–H and O–H groups in total. The van der Waals surface area contributed by atoms with Gasteiger partial charge in [0.1, 0.15) is 5.69 Å². The van der Waals surface area contributed by atoms with Gasteiger partial charge in [0.15, 0.2) is 5.69 Å². The fraction of sp³-hybridized carbons (Fsp3) is 0. The highest BCUT2D eigenvalue weighted by atomic mass is 35.5. The summed E-state index contributed by atoms with van der Waals surface area (Å²) in [6.45, 7) is 0. The molecule has 32 heavy (non-hydrogen) atoms. The van der Waals surface area contributed by atoms with Crippen molar-refractivity contribution in [1.82, 2.24) is 30.7 Å². The molecule has 0 saturated carbocycles. The number of halogens is 1. The number of nitrogens with two attached hydrogens (primary N) is 1. The number of nitro groups is 1. The molecule has 2 heterocycles. The molecule has 14 heteroatoms. The predicted octanol–water partition coefficient (Wildman–Crippen LogP) is 2.23. The van der Waals surface area contributed by atoms with E-state index in [1.165, 1.54) is 30.5 Å². The molecule has 0 bridgehead atoms. The highest BCUT2D eigenvalue weighted by Gasteiger charge is 2.25. The zero-order valence-electron chi connectivity index (χ0n) is 15.9. The van der Waals surface area contributed by atoms with Gasteiger partial charge < -0.3 is 5.73 Å². The SMILES string of the molecule is Nc1nonc1-n1nnc(C(=O)N/N=C\c2ccccc2Cl)c1-c1ccc([N+](=O)[O-])cc1. The van der Waals surface area contributed by atoms with Crippen molar-refractivity contribution in [2.24, 2.45) is 5.10 Å². The first-order chi connectivity index (χ1) is 15.5. The fourth-order valence-corrected chi connectivity index (χ4v) is 2.90. The van der Waals surface area contributed by atoms with Crippen molar-refractivity contribution in [3.8, 4) is 17.1 Å². The van der Waals surface area contributed by atoms with Crippen molar-refractivity contribution < 1.29 is 14.3 Å². The number of hydrazone groups is 1. The van der Waals surface area contributed by atoms with E-state index in [-0.39, 0.29) is 28.7 Å². The summed E-state index contributed by atoms with van der Waals surface area (Å²) in [7, 11) is 0. The average Bonchev–Trinajstić information content (AvgIpc) is 3.41. The maximum Gasteiger partial charge on any atom is 0.294 e. The molecule has 4 rings (SSSR count). The van der Waals surface area contributed by atoms with Gasteiger partial charge in [-0.2, -0.15) is 9.78 Å². The van der Waals surface area contributed by atoms with E-state index in [0.29, 0.717) is 16.1 Å². The van der Waals surface area contributed by atoms with Crippen LogP contribution >= 0.6 is 11.6 Å². The van der Waals surface area contributed by atoms with E-state index in [4.69, 9.17) is 17.3 Å². The van der Waals surface area contributed by atoms with Crippen LogP contribution in [-0.2, 0) is 0 Å². The van der Waals surface area contributed by atoms with Crippen LogP contribution in [0.1, 0.15) is 16.1 Å². The first-order valence-corrected chi connectivity index (χ1v) is 9.20. The number of aromatic nitrogens is 5. The largest absolute Gasteiger partial charge is 0.378 e. The summed E-state index contributed by atoms with van der Waals surface area (Å²) in [6, 6.07) is 12.3. The van der Waals surface area contributed by atoms with E-state index in [0.717, 1.165) is 4.68 Å². The summed E-state index contributed by atoms with van der Waals surface area (Å²) < 4.78 is 5.74. The number of anilines is 1. The molecule has 160 valence electrons. The average molecular weight is 454 g/mol. The van der Waals surface area contributed by atoms with Crippen LogP contribution in [0.5, 0.6) is 0 Å². The fourth-order valence-electron chi connectivity index (χ4n) is 2.71. The number of hydrogen-bond acceptors (Lipinski definition) is 10. The van der Waals surface area contributed by atoms with E-state index >= 15 is 0 Å². The maximum atomic E-state index is 12.8. The highest BCUT2D eigenvalue weighted by Crippen LogP contribution is 2.28. The van der Waals surface area contributed by atoms with Crippen LogP contribution in [0.15, 0.2) is 58.3 Å². The van der Waals surface area contributed by atoms with Gasteiger partial charge in [-0.1, -0.05) is 35.0 Å². The van der Waals surface area contributed by atoms with Gasteiger partial charge in [-0.3, -0.25) is 14.9 Å². The lowest BCUT2D eigenvalue weighted by atomic mass is 10.1. The molecule has 0 aliphatic heterocycles. The third kappa shape index (κ3) is 3.99. The molecule has 0 saturated heterocycles. The van der Waals surface area contributed by atoms with E-state index < -0.39 is 10.8 Å². The Hall–Kier alpha value is -4.65. The Bertz CT molecular complexity index is 1330. The number of hydrogen-bond donors (Lipinski definition) is 2. The normalized spacial score (nSPS) is 11.0. The third-order valence-electron chi connectivity index (χ3n) is 4.21. The van der Waals surface area contributed by atoms with Crippen molar-refractivity contribution in [2.75, 3.05) is 5.73 Å². The summed E-state index contributed by atoms with van der Waals surface area (Å²) in [4.78, 5) is 23.2. The second-order valence-electron chi connectivity index (χ2n) is 6.20. The second kappa shape index (κ2) is 8.61. The first-order valence-electron chi connectivity index (χ1n) is 8.82. The first kappa shape index (κ1) is 20.6. The Morgan fingerprint density at radius 1 is 1.22 bits per heavy atom. The van der Waals surface area contributed by atoms with Crippen molar-refractivity contribution >= 4 is 35.2 Å². The number of nitro benzene ring substituents is 1. The number of amides is 1. The van der Waals surface area contributed by atoms with Crippen molar-refractivity contribution in [3.63, 3.8) is 0 Å². The number of nitrogens with one attached hydrogen (secondary N) is 1. The van der Waals surface area contributed by atoms with Gasteiger partial charge in [0.05, 0.1) is 11.1 Å². The van der Waals surface area contributed by atoms with Crippen LogP contribution in [0.2, 0.25) is 5.02 Å². The zero-order valence-corrected chi connectivity index (χ0v) is 16.7. The molecular formula is C18H12ClN9O4. The number of nitrogens with zero attached hydrogens (tertiary/aromatic N) is 7. The molecule has 0 aliphatic rings. The van der Waals surface area contributed by atoms with Crippen molar-refractivity contribution in [1.29, 1.82) is 0 Å². The Morgan fingerprint density at radius 2 is 1.97 bits per heavy atom. The van der Waals surface area contributed by atoms with Crippen LogP contribution in [0.25, 0.3) is 17.1 Å². The molecule has 0 fully saturated rings. The Morgan fingerprint density at radius 3 is 2.62 bits per heavy atom. The van der Waals surface area contributed by atoms with E-state index in [9.17, 15) is 14.9 Å². The Kier molecular flexibility index (Phi) is 5.55. The van der Waals surface area contributed by atoms with Crippen molar-refractivity contribution in [3.05, 3.63) is 74.9 Å². The monoisotopic (exact) mass is 453 g/mol. The molecule has 4 aromatic rings. The number of carbonyl (C=O) groups excluding carboxylic acids is 1. The quantitative estimate of drug-likeness (QED) is 0.251. The van der Waals surface area contributed by atoms with Gasteiger partial charge in [-0.25, -0.2) is 10.1 Å². The molecule has 0 unspecified atom stereocenters. The molecule has 0 spiro atoms. The minimum absolute atomic E-state index is 0.00975. The molecule has 2 aromatic carbocycles. The van der Waals surface area contributed by atoms with Crippen molar-refractivity contribution in [2.45, 2.75) is 0 Å². The second-order valence-corrected chi connectivity index (χ2v) is 6.60. The summed E-state index contributed by atoms with van der Waals surface area (Å²) in [5.74, 6) is -0.811. The Labute approximate surface area is 183 Å². The van der Waals surface area contributed by atoms with Gasteiger partial charge >= 0.3 is 0 Å². The van der Waals surface area contributed by atoms with E-state index in [1.807, 2.05) is 0 Å². The summed E-state index contributed by atoms with van der Waals surface area (Å²) in [6.07, 6.45) is 1.37. The zero-order chi connectivity index (χ0) is 22.7. The Balaban J connectivity index is 1.71. The van der Waals surface area contributed by atoms with Crippen LogP contribution < -0.4 is 11.2 Å². The minimum atomic E-state index is -0.706. The molecule has 0 radical (unpaired) electrons. The van der Waals surface area contributed by atoms with Crippen LogP contribution in [0.4, 0.5) is 11.5 Å². The van der Waals surface area contributed by atoms with Gasteiger partial charge in [-0.15, -0.1) is 5.10 Å². The van der Waals surface area contributed by atoms with Crippen LogP contribution in [-0.4, -0.2) is 42.4 Å². The maximum absolute atomic E-state index is 12.8. The van der Waals surface area contributed by atoms with Gasteiger partial charge in [0.25, 0.3) is 11.6 Å². The standard InChI is InChI=1S/C18H12ClN9O4/c19-13-4-2-1-3-11(13)9-21-23-18(29)14-15(10-5-7-12(8-6-10)28(30)31)27(26-22-14)17-16(20)24-32-25-17/h1-9H,(H2,20,24)(H,23,29)/b21-9-. The van der Waals surface area contributed by atoms with Gasteiger partial charge in [0, 0.05) is 28.3 Å². The lowest BCUT2D eigenvalue weighted by molar-refractivity contribution is -0.384. The molecule has 1 amide bonds. The summed E-state index contributed by atoms with van der Waals surface area (Å²) >= 11 is 6.06. The number of nitrogen functional groups attached to an aromatic ring is 1. The van der Waals surface area contributed by atoms with Gasteiger partial charge in [0.2, 0.25) is 11.6 Å². The molecular weight excluding hydrogens is 442 g/mol. The van der Waals surface area contributed by atoms with Crippen LogP contribution in [0.3, 0.4) is 0 Å². The van der Waals surface area contributed by atoms with Gasteiger partial charge in [-0.05, 0) is 28.5 Å². The smallest absolute Gasteiger partial charge is 0.294 e. The van der Waals surface area contributed by atoms with E-state index in [2.05, 4.69) is 35.8 Å². The molecule has 13 nitrogen and oxygen atoms in total. The number of rotatable bonds is 6. The minimum Gasteiger partial charge on any atom is -0.378 e. The number of carbonyl (C=O) groups is 1. The number of non-ortho nitro benzene ring substituents is 1. The highest BCUT2D eigenvalue weighted by molar-refractivity contribution is 6.33. The molecule has 0 atom stereocenters. The molecule has 0 aliphatic carbocycles. The predicted molar refractivity (Wildman–Crippen MR) is 112 cm³/mol. The third-order valence-corrected chi connectivity index (χ3v) is 4.55.